The molecule has 0 radical (unpaired) electrons. The number of pyridine rings is 1. The molecule has 2 heterocycles. The number of nitrogens with one attached hydrogen (secondary N) is 2. The van der Waals surface area contributed by atoms with E-state index in [4.69, 9.17) is 4.74 Å². The van der Waals surface area contributed by atoms with E-state index >= 15 is 0 Å². The van der Waals surface area contributed by atoms with Crippen molar-refractivity contribution in [1.82, 2.24) is 20.5 Å². The van der Waals surface area contributed by atoms with E-state index in [1.807, 2.05) is 18.2 Å². The molecule has 0 amide bonds. The molecule has 6 nitrogen and oxygen atoms in total. The van der Waals surface area contributed by atoms with Crippen molar-refractivity contribution in [3.05, 3.63) is 59.7 Å². The average molecular weight is 513 g/mol. The fourth-order valence-electron chi connectivity index (χ4n) is 3.56. The van der Waals surface area contributed by atoms with Crippen LogP contribution >= 0.6 is 24.0 Å². The second-order valence-corrected chi connectivity index (χ2v) is 6.74. The van der Waals surface area contributed by atoms with Gasteiger partial charge in [-0.3, -0.25) is 14.9 Å². The minimum absolute atomic E-state index is 0. The Labute approximate surface area is 189 Å². The largest absolute Gasteiger partial charge is 0.496 e. The van der Waals surface area contributed by atoms with Crippen molar-refractivity contribution < 1.29 is 9.13 Å². The van der Waals surface area contributed by atoms with Gasteiger partial charge in [-0.05, 0) is 44.1 Å². The quantitative estimate of drug-likeness (QED) is 0.338. The van der Waals surface area contributed by atoms with Gasteiger partial charge in [-0.2, -0.15) is 0 Å². The predicted octanol–water partition coefficient (Wildman–Crippen LogP) is 3.35. The Morgan fingerprint density at radius 2 is 1.97 bits per heavy atom. The molecule has 0 spiro atoms. The van der Waals surface area contributed by atoms with E-state index in [1.165, 1.54) is 18.9 Å². The summed E-state index contributed by atoms with van der Waals surface area (Å²) >= 11 is 0. The van der Waals surface area contributed by atoms with Crippen molar-refractivity contribution in [2.45, 2.75) is 25.4 Å². The van der Waals surface area contributed by atoms with E-state index in [9.17, 15) is 4.39 Å². The molecule has 3 rings (SSSR count). The lowest BCUT2D eigenvalue weighted by Crippen LogP contribution is -2.42. The first-order chi connectivity index (χ1) is 13.7. The highest BCUT2D eigenvalue weighted by Gasteiger charge is 2.26. The van der Waals surface area contributed by atoms with Crippen LogP contribution in [0.2, 0.25) is 0 Å². The van der Waals surface area contributed by atoms with Crippen LogP contribution in [0, 0.1) is 5.82 Å². The van der Waals surface area contributed by atoms with E-state index in [-0.39, 0.29) is 42.4 Å². The standard InChI is InChI=1S/C21H28FN5O.HI/c1-23-21(25-14-18-17(22)9-7-11-24-18)26-15-19(27-12-5-6-13-27)16-8-3-4-10-20(16)28-2;/h3-4,7-11,19H,5-6,12-15H2,1-2H3,(H2,23,25,26);1H. The lowest BCUT2D eigenvalue weighted by Gasteiger charge is -2.30. The number of guanidine groups is 1. The van der Waals surface area contributed by atoms with Crippen LogP contribution in [0.3, 0.4) is 0 Å². The number of rotatable bonds is 7. The molecule has 1 aromatic carbocycles. The number of nitrogens with zero attached hydrogens (tertiary/aromatic N) is 3. The Morgan fingerprint density at radius 1 is 1.21 bits per heavy atom. The molecular formula is C21H29FIN5O. The summed E-state index contributed by atoms with van der Waals surface area (Å²) in [6, 6.07) is 11.3. The molecule has 29 heavy (non-hydrogen) atoms. The highest BCUT2D eigenvalue weighted by molar-refractivity contribution is 14.0. The van der Waals surface area contributed by atoms with Crippen LogP contribution < -0.4 is 15.4 Å². The van der Waals surface area contributed by atoms with Crippen LogP contribution in [0.15, 0.2) is 47.6 Å². The summed E-state index contributed by atoms with van der Waals surface area (Å²) in [5.41, 5.74) is 1.52. The minimum Gasteiger partial charge on any atom is -0.496 e. The molecule has 1 fully saturated rings. The zero-order valence-electron chi connectivity index (χ0n) is 16.9. The molecular weight excluding hydrogens is 484 g/mol. The van der Waals surface area contributed by atoms with Gasteiger partial charge in [-0.1, -0.05) is 18.2 Å². The molecule has 2 aromatic rings. The number of aromatic nitrogens is 1. The Hall–Kier alpha value is -1.94. The number of aliphatic imine (C=N–C) groups is 1. The molecule has 2 N–H and O–H groups in total. The van der Waals surface area contributed by atoms with Crippen molar-refractivity contribution in [3.8, 4) is 5.75 Å². The number of hydrogen-bond donors (Lipinski definition) is 2. The zero-order chi connectivity index (χ0) is 19.8. The van der Waals surface area contributed by atoms with E-state index in [0.717, 1.165) is 24.4 Å². The van der Waals surface area contributed by atoms with E-state index in [0.29, 0.717) is 18.2 Å². The maximum atomic E-state index is 13.8. The van der Waals surface area contributed by atoms with Gasteiger partial charge in [0.15, 0.2) is 5.96 Å². The summed E-state index contributed by atoms with van der Waals surface area (Å²) in [4.78, 5) is 10.8. The third-order valence-electron chi connectivity index (χ3n) is 5.02. The van der Waals surface area contributed by atoms with Crippen molar-refractivity contribution >= 4 is 29.9 Å². The summed E-state index contributed by atoms with van der Waals surface area (Å²) in [7, 11) is 3.41. The normalized spacial score (nSPS) is 15.5. The van der Waals surface area contributed by atoms with Gasteiger partial charge in [0.2, 0.25) is 0 Å². The third-order valence-corrected chi connectivity index (χ3v) is 5.02. The van der Waals surface area contributed by atoms with Gasteiger partial charge < -0.3 is 15.4 Å². The van der Waals surface area contributed by atoms with Gasteiger partial charge in [0.25, 0.3) is 0 Å². The van der Waals surface area contributed by atoms with Crippen LogP contribution in [0.1, 0.15) is 30.1 Å². The third kappa shape index (κ3) is 6.27. The summed E-state index contributed by atoms with van der Waals surface area (Å²) < 4.78 is 19.4. The first-order valence-electron chi connectivity index (χ1n) is 9.63. The number of ether oxygens (including phenoxy) is 1. The number of likely N-dealkylation sites (tertiary alicyclic amines) is 1. The second-order valence-electron chi connectivity index (χ2n) is 6.74. The molecule has 0 saturated carbocycles. The fraction of sp³-hybridized carbons (Fsp3) is 0.429. The molecule has 0 aliphatic carbocycles. The van der Waals surface area contributed by atoms with Gasteiger partial charge in [-0.25, -0.2) is 4.39 Å². The zero-order valence-corrected chi connectivity index (χ0v) is 19.2. The Morgan fingerprint density at radius 3 is 2.66 bits per heavy atom. The molecule has 1 unspecified atom stereocenters. The molecule has 0 bridgehead atoms. The Kier molecular flexibility index (Phi) is 9.59. The van der Waals surface area contributed by atoms with Gasteiger partial charge in [0.05, 0.1) is 25.4 Å². The summed E-state index contributed by atoms with van der Waals surface area (Å²) in [6.07, 6.45) is 4.00. The molecule has 1 aliphatic rings. The Balaban J connectivity index is 0.00000300. The lowest BCUT2D eigenvalue weighted by atomic mass is 10.0. The van der Waals surface area contributed by atoms with Gasteiger partial charge in [-0.15, -0.1) is 24.0 Å². The predicted molar refractivity (Wildman–Crippen MR) is 124 cm³/mol. The van der Waals surface area contributed by atoms with Gasteiger partial charge in [0.1, 0.15) is 11.6 Å². The monoisotopic (exact) mass is 513 g/mol. The smallest absolute Gasteiger partial charge is 0.191 e. The fourth-order valence-corrected chi connectivity index (χ4v) is 3.56. The van der Waals surface area contributed by atoms with Crippen molar-refractivity contribution in [1.29, 1.82) is 0 Å². The number of para-hydroxylation sites is 1. The molecule has 1 saturated heterocycles. The number of methoxy groups -OCH3 is 1. The van der Waals surface area contributed by atoms with Crippen LogP contribution in [0.4, 0.5) is 4.39 Å². The first-order valence-corrected chi connectivity index (χ1v) is 9.63. The molecule has 158 valence electrons. The van der Waals surface area contributed by atoms with Crippen molar-refractivity contribution in [3.63, 3.8) is 0 Å². The topological polar surface area (TPSA) is 61.8 Å². The maximum absolute atomic E-state index is 13.8. The highest BCUT2D eigenvalue weighted by atomic mass is 127. The number of benzene rings is 1. The SMILES string of the molecule is CN=C(NCc1ncccc1F)NCC(c1ccccc1OC)N1CCCC1.I. The van der Waals surface area contributed by atoms with Crippen LogP contribution in [0.5, 0.6) is 5.75 Å². The van der Waals surface area contributed by atoms with E-state index in [2.05, 4.69) is 31.6 Å². The molecule has 1 aliphatic heterocycles. The van der Waals surface area contributed by atoms with Crippen LogP contribution in [0.25, 0.3) is 0 Å². The van der Waals surface area contributed by atoms with Gasteiger partial charge in [0, 0.05) is 25.4 Å². The van der Waals surface area contributed by atoms with Crippen LogP contribution in [-0.4, -0.2) is 49.6 Å². The average Bonchev–Trinajstić information content (AvgIpc) is 3.26. The van der Waals surface area contributed by atoms with Gasteiger partial charge >= 0.3 is 0 Å². The molecule has 8 heteroatoms. The lowest BCUT2D eigenvalue weighted by molar-refractivity contribution is 0.239. The summed E-state index contributed by atoms with van der Waals surface area (Å²) in [5, 5.41) is 6.52. The van der Waals surface area contributed by atoms with E-state index in [1.54, 1.807) is 26.4 Å². The second kappa shape index (κ2) is 11.9. The van der Waals surface area contributed by atoms with Crippen molar-refractivity contribution in [2.24, 2.45) is 4.99 Å². The molecule has 1 aromatic heterocycles. The maximum Gasteiger partial charge on any atom is 0.191 e. The first kappa shape index (κ1) is 23.3. The minimum atomic E-state index is -0.325. The van der Waals surface area contributed by atoms with E-state index < -0.39 is 0 Å². The summed E-state index contributed by atoms with van der Waals surface area (Å²) in [6.45, 7) is 3.07. The molecule has 1 atom stereocenters. The van der Waals surface area contributed by atoms with Crippen molar-refractivity contribution in [2.75, 3.05) is 33.8 Å². The number of halogens is 2. The highest BCUT2D eigenvalue weighted by Crippen LogP contribution is 2.31. The summed E-state index contributed by atoms with van der Waals surface area (Å²) in [5.74, 6) is 1.18. The van der Waals surface area contributed by atoms with Crippen LogP contribution in [-0.2, 0) is 6.54 Å². The number of hydrogen-bond acceptors (Lipinski definition) is 4. The Bertz CT molecular complexity index is 798.